The SMILES string of the molecule is CC(C)(C)OC(=O)N1CCC(c2cc3[nH]c4cc(F)cc(Br)c4n3n2)CC1. The van der Waals surface area contributed by atoms with Crippen molar-refractivity contribution >= 4 is 38.7 Å². The minimum absolute atomic E-state index is 0.255. The van der Waals surface area contributed by atoms with Crippen LogP contribution in [0.1, 0.15) is 45.2 Å². The van der Waals surface area contributed by atoms with Crippen LogP contribution in [0, 0.1) is 5.82 Å². The van der Waals surface area contributed by atoms with Gasteiger partial charge in [0.25, 0.3) is 0 Å². The summed E-state index contributed by atoms with van der Waals surface area (Å²) in [7, 11) is 0. The van der Waals surface area contributed by atoms with Gasteiger partial charge >= 0.3 is 6.09 Å². The molecule has 0 radical (unpaired) electrons. The van der Waals surface area contributed by atoms with E-state index in [9.17, 15) is 9.18 Å². The molecule has 0 unspecified atom stereocenters. The molecule has 1 N–H and O–H groups in total. The fraction of sp³-hybridized carbons (Fsp3) is 0.474. The van der Waals surface area contributed by atoms with E-state index in [-0.39, 0.29) is 17.8 Å². The van der Waals surface area contributed by atoms with E-state index < -0.39 is 5.60 Å². The fourth-order valence-corrected chi connectivity index (χ4v) is 4.16. The van der Waals surface area contributed by atoms with E-state index in [0.717, 1.165) is 29.7 Å². The lowest BCUT2D eigenvalue weighted by atomic mass is 9.94. The minimum atomic E-state index is -0.482. The maximum absolute atomic E-state index is 13.6. The van der Waals surface area contributed by atoms with Crippen LogP contribution < -0.4 is 0 Å². The Morgan fingerprint density at radius 3 is 2.67 bits per heavy atom. The normalized spacial score (nSPS) is 16.4. The van der Waals surface area contributed by atoms with Gasteiger partial charge in [0, 0.05) is 29.5 Å². The van der Waals surface area contributed by atoms with Crippen molar-refractivity contribution in [2.75, 3.05) is 13.1 Å². The lowest BCUT2D eigenvalue weighted by Gasteiger charge is -2.32. The Labute approximate surface area is 164 Å². The van der Waals surface area contributed by atoms with Crippen molar-refractivity contribution in [1.82, 2.24) is 19.5 Å². The standard InChI is InChI=1S/C19H22BrFN4O2/c1-19(2,3)27-18(26)24-6-4-11(5-7-24)14-10-16-22-15-9-12(21)8-13(20)17(15)25(16)23-14/h8-11,22H,4-7H2,1-3H3. The maximum atomic E-state index is 13.6. The number of H-pyrrole nitrogens is 1. The average molecular weight is 437 g/mol. The molecule has 0 saturated carbocycles. The second kappa shape index (κ2) is 6.51. The lowest BCUT2D eigenvalue weighted by molar-refractivity contribution is 0.0204. The smallest absolute Gasteiger partial charge is 0.410 e. The van der Waals surface area contributed by atoms with E-state index in [0.29, 0.717) is 23.1 Å². The summed E-state index contributed by atoms with van der Waals surface area (Å²) < 4.78 is 21.5. The maximum Gasteiger partial charge on any atom is 0.410 e. The summed E-state index contributed by atoms with van der Waals surface area (Å²) >= 11 is 3.42. The van der Waals surface area contributed by atoms with Crippen molar-refractivity contribution in [1.29, 1.82) is 0 Å². The zero-order valence-corrected chi connectivity index (χ0v) is 17.1. The van der Waals surface area contributed by atoms with Crippen molar-refractivity contribution in [3.8, 4) is 0 Å². The number of nitrogens with zero attached hydrogens (tertiary/aromatic N) is 3. The van der Waals surface area contributed by atoms with Gasteiger partial charge < -0.3 is 14.6 Å². The molecule has 27 heavy (non-hydrogen) atoms. The monoisotopic (exact) mass is 436 g/mol. The number of piperidine rings is 1. The van der Waals surface area contributed by atoms with Crippen LogP contribution >= 0.6 is 15.9 Å². The van der Waals surface area contributed by atoms with Gasteiger partial charge in [-0.05, 0) is 61.7 Å². The Bertz CT molecular complexity index is 1010. The van der Waals surface area contributed by atoms with Gasteiger partial charge in [0.1, 0.15) is 22.6 Å². The number of carbonyl (C=O) groups excluding carboxylic acids is 1. The van der Waals surface area contributed by atoms with E-state index in [1.54, 1.807) is 4.90 Å². The lowest BCUT2D eigenvalue weighted by Crippen LogP contribution is -2.41. The van der Waals surface area contributed by atoms with E-state index in [4.69, 9.17) is 9.84 Å². The van der Waals surface area contributed by atoms with Crippen molar-refractivity contribution in [3.63, 3.8) is 0 Å². The van der Waals surface area contributed by atoms with Crippen LogP contribution in [0.3, 0.4) is 0 Å². The number of imidazole rings is 1. The third kappa shape index (κ3) is 3.54. The number of amides is 1. The highest BCUT2D eigenvalue weighted by molar-refractivity contribution is 9.10. The van der Waals surface area contributed by atoms with Crippen molar-refractivity contribution in [2.24, 2.45) is 0 Å². The summed E-state index contributed by atoms with van der Waals surface area (Å²) in [4.78, 5) is 17.2. The molecular formula is C19H22BrFN4O2. The molecule has 0 aliphatic carbocycles. The number of hydrogen-bond donors (Lipinski definition) is 1. The highest BCUT2D eigenvalue weighted by atomic mass is 79.9. The summed E-state index contributed by atoms with van der Waals surface area (Å²) in [5.41, 5.74) is 2.87. The topological polar surface area (TPSA) is 62.6 Å². The van der Waals surface area contributed by atoms with Crippen LogP contribution in [0.2, 0.25) is 0 Å². The average Bonchev–Trinajstić information content (AvgIpc) is 3.10. The van der Waals surface area contributed by atoms with Crippen molar-refractivity contribution < 1.29 is 13.9 Å². The number of hydrogen-bond acceptors (Lipinski definition) is 3. The van der Waals surface area contributed by atoms with Crippen molar-refractivity contribution in [2.45, 2.75) is 45.1 Å². The Morgan fingerprint density at radius 2 is 2.00 bits per heavy atom. The summed E-state index contributed by atoms with van der Waals surface area (Å²) in [6.45, 7) is 6.93. The number of nitrogens with one attached hydrogen (secondary N) is 1. The molecule has 0 spiro atoms. The van der Waals surface area contributed by atoms with Crippen LogP contribution in [0.5, 0.6) is 0 Å². The number of rotatable bonds is 1. The number of aromatic amines is 1. The Kier molecular flexibility index (Phi) is 4.41. The first-order chi connectivity index (χ1) is 12.7. The molecule has 1 aromatic carbocycles. The molecule has 144 valence electrons. The number of likely N-dealkylation sites (tertiary alicyclic amines) is 1. The Balaban J connectivity index is 1.52. The zero-order valence-electron chi connectivity index (χ0n) is 15.6. The summed E-state index contributed by atoms with van der Waals surface area (Å²) in [6.07, 6.45) is 1.43. The molecule has 8 heteroatoms. The van der Waals surface area contributed by atoms with E-state index in [2.05, 4.69) is 20.9 Å². The number of carbonyl (C=O) groups is 1. The molecule has 3 heterocycles. The fourth-order valence-electron chi connectivity index (χ4n) is 3.56. The number of halogens is 2. The number of ether oxygens (including phenoxy) is 1. The molecule has 1 fully saturated rings. The molecule has 0 bridgehead atoms. The largest absolute Gasteiger partial charge is 0.444 e. The van der Waals surface area contributed by atoms with Gasteiger partial charge in [-0.2, -0.15) is 5.10 Å². The minimum Gasteiger partial charge on any atom is -0.444 e. The van der Waals surface area contributed by atoms with Crippen LogP contribution in [0.15, 0.2) is 22.7 Å². The molecule has 0 atom stereocenters. The number of benzene rings is 1. The second-order valence-electron chi connectivity index (χ2n) is 8.02. The quantitative estimate of drug-likeness (QED) is 0.593. The molecule has 3 aromatic rings. The molecule has 1 saturated heterocycles. The van der Waals surface area contributed by atoms with Crippen LogP contribution in [0.25, 0.3) is 16.7 Å². The predicted octanol–water partition coefficient (Wildman–Crippen LogP) is 4.83. The Hall–Kier alpha value is -2.09. The Morgan fingerprint density at radius 1 is 1.30 bits per heavy atom. The van der Waals surface area contributed by atoms with Gasteiger partial charge in [0.05, 0.1) is 11.2 Å². The first-order valence-corrected chi connectivity index (χ1v) is 9.85. The molecule has 2 aromatic heterocycles. The summed E-state index contributed by atoms with van der Waals surface area (Å²) in [5.74, 6) is -0.0140. The molecule has 1 amide bonds. The van der Waals surface area contributed by atoms with Gasteiger partial charge in [-0.3, -0.25) is 0 Å². The van der Waals surface area contributed by atoms with E-state index >= 15 is 0 Å². The summed E-state index contributed by atoms with van der Waals surface area (Å²) in [6, 6.07) is 4.92. The van der Waals surface area contributed by atoms with Gasteiger partial charge in [0.15, 0.2) is 0 Å². The summed E-state index contributed by atoms with van der Waals surface area (Å²) in [5, 5.41) is 4.74. The van der Waals surface area contributed by atoms with Gasteiger partial charge in [-0.25, -0.2) is 13.7 Å². The molecular weight excluding hydrogens is 415 g/mol. The molecule has 4 rings (SSSR count). The van der Waals surface area contributed by atoms with Gasteiger partial charge in [-0.1, -0.05) is 0 Å². The third-order valence-corrected chi connectivity index (χ3v) is 5.40. The van der Waals surface area contributed by atoms with E-state index in [1.807, 2.05) is 31.4 Å². The van der Waals surface area contributed by atoms with Gasteiger partial charge in [0.2, 0.25) is 0 Å². The molecule has 6 nitrogen and oxygen atoms in total. The first-order valence-electron chi connectivity index (χ1n) is 9.05. The number of fused-ring (bicyclic) bond motifs is 3. The first kappa shape index (κ1) is 18.3. The molecule has 1 aliphatic heterocycles. The zero-order chi connectivity index (χ0) is 19.3. The van der Waals surface area contributed by atoms with Crippen LogP contribution in [-0.2, 0) is 4.74 Å². The highest BCUT2D eigenvalue weighted by Gasteiger charge is 2.29. The van der Waals surface area contributed by atoms with Crippen LogP contribution in [-0.4, -0.2) is 44.3 Å². The van der Waals surface area contributed by atoms with Crippen LogP contribution in [0.4, 0.5) is 9.18 Å². The highest BCUT2D eigenvalue weighted by Crippen LogP contribution is 2.31. The second-order valence-corrected chi connectivity index (χ2v) is 8.87. The van der Waals surface area contributed by atoms with E-state index in [1.165, 1.54) is 12.1 Å². The molecule has 1 aliphatic rings. The van der Waals surface area contributed by atoms with Gasteiger partial charge in [-0.15, -0.1) is 0 Å². The number of aromatic nitrogens is 3. The third-order valence-electron chi connectivity index (χ3n) is 4.80. The van der Waals surface area contributed by atoms with Crippen molar-refractivity contribution in [3.05, 3.63) is 34.2 Å². The predicted molar refractivity (Wildman–Crippen MR) is 104 cm³/mol.